The molecule has 2 heterocycles. The summed E-state index contributed by atoms with van der Waals surface area (Å²) in [7, 11) is 2.23. The Bertz CT molecular complexity index is 356. The van der Waals surface area contributed by atoms with Crippen molar-refractivity contribution >= 4 is 0 Å². The fourth-order valence-corrected chi connectivity index (χ4v) is 2.67. The minimum absolute atomic E-state index is 0.655. The molecule has 106 valence electrons. The van der Waals surface area contributed by atoms with E-state index in [1.54, 1.807) is 0 Å². The lowest BCUT2D eigenvalue weighted by Crippen LogP contribution is -2.55. The van der Waals surface area contributed by atoms with Crippen molar-refractivity contribution in [1.82, 2.24) is 20.1 Å². The molecule has 2 atom stereocenters. The van der Waals surface area contributed by atoms with Gasteiger partial charge in [-0.3, -0.25) is 14.8 Å². The molecule has 0 spiro atoms. The van der Waals surface area contributed by atoms with E-state index >= 15 is 0 Å². The molecule has 1 saturated heterocycles. The monoisotopic (exact) mass is 262 g/mol. The topological polar surface area (TPSA) is 31.4 Å². The predicted molar refractivity (Wildman–Crippen MR) is 79.1 cm³/mol. The number of hydrogen-bond donors (Lipinski definition) is 1. The molecular weight excluding hydrogens is 236 g/mol. The standard InChI is InChI=1S/C15H26N4/c1-13-11-19(12-14(2)18(13)3)8-7-17-10-15-5-4-6-16-9-15/h4-6,9,13-14,17H,7-8,10-12H2,1-3H3. The lowest BCUT2D eigenvalue weighted by molar-refractivity contribution is 0.0607. The number of rotatable bonds is 5. The Kier molecular flexibility index (Phi) is 5.31. The van der Waals surface area contributed by atoms with Crippen molar-refractivity contribution in [2.45, 2.75) is 32.5 Å². The molecule has 1 aromatic heterocycles. The number of likely N-dealkylation sites (N-methyl/N-ethyl adjacent to an activating group) is 1. The number of piperazine rings is 1. The van der Waals surface area contributed by atoms with Gasteiger partial charge in [0.2, 0.25) is 0 Å². The zero-order chi connectivity index (χ0) is 13.7. The molecule has 0 radical (unpaired) electrons. The van der Waals surface area contributed by atoms with Crippen molar-refractivity contribution in [3.8, 4) is 0 Å². The average molecular weight is 262 g/mol. The Labute approximate surface area is 116 Å². The fourth-order valence-electron chi connectivity index (χ4n) is 2.67. The summed E-state index contributed by atoms with van der Waals surface area (Å²) in [5.74, 6) is 0. The smallest absolute Gasteiger partial charge is 0.0312 e. The first kappa shape index (κ1) is 14.4. The maximum Gasteiger partial charge on any atom is 0.0312 e. The Morgan fingerprint density at radius 2 is 2.05 bits per heavy atom. The molecule has 2 rings (SSSR count). The van der Waals surface area contributed by atoms with Crippen molar-refractivity contribution in [3.63, 3.8) is 0 Å². The van der Waals surface area contributed by atoms with Crippen molar-refractivity contribution in [2.24, 2.45) is 0 Å². The van der Waals surface area contributed by atoms with Crippen LogP contribution in [0.15, 0.2) is 24.5 Å². The molecule has 1 fully saturated rings. The lowest BCUT2D eigenvalue weighted by Gasteiger charge is -2.42. The third kappa shape index (κ3) is 4.27. The van der Waals surface area contributed by atoms with Crippen molar-refractivity contribution in [1.29, 1.82) is 0 Å². The van der Waals surface area contributed by atoms with Crippen molar-refractivity contribution in [2.75, 3.05) is 33.2 Å². The largest absolute Gasteiger partial charge is 0.311 e. The Morgan fingerprint density at radius 1 is 1.32 bits per heavy atom. The van der Waals surface area contributed by atoms with Crippen LogP contribution in [-0.4, -0.2) is 60.1 Å². The average Bonchev–Trinajstić information content (AvgIpc) is 2.42. The lowest BCUT2D eigenvalue weighted by atomic mass is 10.1. The van der Waals surface area contributed by atoms with E-state index < -0.39 is 0 Å². The molecule has 1 aliphatic heterocycles. The summed E-state index contributed by atoms with van der Waals surface area (Å²) in [5.41, 5.74) is 1.25. The second-order valence-electron chi connectivity index (χ2n) is 5.66. The molecule has 1 aromatic rings. The van der Waals surface area contributed by atoms with Gasteiger partial charge in [0.1, 0.15) is 0 Å². The minimum atomic E-state index is 0.655. The van der Waals surface area contributed by atoms with Crippen molar-refractivity contribution in [3.05, 3.63) is 30.1 Å². The van der Waals surface area contributed by atoms with E-state index in [9.17, 15) is 0 Å². The van der Waals surface area contributed by atoms with Gasteiger partial charge in [0.15, 0.2) is 0 Å². The van der Waals surface area contributed by atoms with E-state index in [4.69, 9.17) is 0 Å². The van der Waals surface area contributed by atoms with E-state index in [0.29, 0.717) is 12.1 Å². The van der Waals surface area contributed by atoms with Crippen LogP contribution in [-0.2, 0) is 6.54 Å². The molecule has 0 bridgehead atoms. The first-order chi connectivity index (χ1) is 9.16. The summed E-state index contributed by atoms with van der Waals surface area (Å²) < 4.78 is 0. The molecule has 0 aliphatic carbocycles. The Morgan fingerprint density at radius 3 is 2.68 bits per heavy atom. The van der Waals surface area contributed by atoms with Crippen LogP contribution in [0, 0.1) is 0 Å². The van der Waals surface area contributed by atoms with E-state index in [1.807, 2.05) is 18.5 Å². The molecule has 0 saturated carbocycles. The van der Waals surface area contributed by atoms with Gasteiger partial charge in [-0.25, -0.2) is 0 Å². The molecule has 0 aromatic carbocycles. The van der Waals surface area contributed by atoms with Gasteiger partial charge >= 0.3 is 0 Å². The van der Waals surface area contributed by atoms with E-state index in [-0.39, 0.29) is 0 Å². The minimum Gasteiger partial charge on any atom is -0.311 e. The first-order valence-corrected chi connectivity index (χ1v) is 7.20. The molecule has 4 nitrogen and oxygen atoms in total. The number of aromatic nitrogens is 1. The molecule has 1 N–H and O–H groups in total. The van der Waals surface area contributed by atoms with Crippen LogP contribution in [0.5, 0.6) is 0 Å². The zero-order valence-electron chi connectivity index (χ0n) is 12.3. The Balaban J connectivity index is 1.66. The highest BCUT2D eigenvalue weighted by Gasteiger charge is 2.25. The maximum atomic E-state index is 4.13. The van der Waals surface area contributed by atoms with Gasteiger partial charge in [-0.05, 0) is 32.5 Å². The van der Waals surface area contributed by atoms with Gasteiger partial charge in [-0.1, -0.05) is 6.07 Å². The van der Waals surface area contributed by atoms with E-state index in [2.05, 4.69) is 47.1 Å². The Hall–Kier alpha value is -0.970. The zero-order valence-corrected chi connectivity index (χ0v) is 12.3. The van der Waals surface area contributed by atoms with Crippen LogP contribution in [0.3, 0.4) is 0 Å². The van der Waals surface area contributed by atoms with Gasteiger partial charge in [0.05, 0.1) is 0 Å². The van der Waals surface area contributed by atoms with Crippen LogP contribution < -0.4 is 5.32 Å². The van der Waals surface area contributed by atoms with Crippen LogP contribution >= 0.6 is 0 Å². The summed E-state index contributed by atoms with van der Waals surface area (Å²) in [5, 5.41) is 3.49. The van der Waals surface area contributed by atoms with Gasteiger partial charge in [0, 0.05) is 57.2 Å². The van der Waals surface area contributed by atoms with Crippen LogP contribution in [0.2, 0.25) is 0 Å². The summed E-state index contributed by atoms with van der Waals surface area (Å²) in [6.07, 6.45) is 3.74. The van der Waals surface area contributed by atoms with Crippen LogP contribution in [0.25, 0.3) is 0 Å². The third-order valence-electron chi connectivity index (χ3n) is 4.09. The highest BCUT2D eigenvalue weighted by atomic mass is 15.3. The quantitative estimate of drug-likeness (QED) is 0.808. The van der Waals surface area contributed by atoms with Gasteiger partial charge < -0.3 is 5.32 Å². The second-order valence-corrected chi connectivity index (χ2v) is 5.66. The molecular formula is C15H26N4. The third-order valence-corrected chi connectivity index (χ3v) is 4.09. The molecule has 4 heteroatoms. The van der Waals surface area contributed by atoms with Crippen molar-refractivity contribution < 1.29 is 0 Å². The molecule has 0 amide bonds. The molecule has 2 unspecified atom stereocenters. The predicted octanol–water partition coefficient (Wildman–Crippen LogP) is 1.20. The molecule has 1 aliphatic rings. The van der Waals surface area contributed by atoms with E-state index in [1.165, 1.54) is 18.7 Å². The highest BCUT2D eigenvalue weighted by molar-refractivity contribution is 5.07. The summed E-state index contributed by atoms with van der Waals surface area (Å²) in [4.78, 5) is 9.16. The number of nitrogens with zero attached hydrogens (tertiary/aromatic N) is 3. The van der Waals surface area contributed by atoms with Gasteiger partial charge in [-0.15, -0.1) is 0 Å². The SMILES string of the molecule is CC1CN(CCNCc2cccnc2)CC(C)N1C. The summed E-state index contributed by atoms with van der Waals surface area (Å²) in [6, 6.07) is 5.41. The number of hydrogen-bond acceptors (Lipinski definition) is 4. The van der Waals surface area contributed by atoms with Crippen LogP contribution in [0.4, 0.5) is 0 Å². The fraction of sp³-hybridized carbons (Fsp3) is 0.667. The molecule has 19 heavy (non-hydrogen) atoms. The first-order valence-electron chi connectivity index (χ1n) is 7.20. The van der Waals surface area contributed by atoms with Crippen LogP contribution in [0.1, 0.15) is 19.4 Å². The normalized spacial score (nSPS) is 25.6. The van der Waals surface area contributed by atoms with Gasteiger partial charge in [-0.2, -0.15) is 0 Å². The maximum absolute atomic E-state index is 4.13. The number of nitrogens with one attached hydrogen (secondary N) is 1. The summed E-state index contributed by atoms with van der Waals surface area (Å²) in [6.45, 7) is 10.1. The highest BCUT2D eigenvalue weighted by Crippen LogP contribution is 2.12. The van der Waals surface area contributed by atoms with Gasteiger partial charge in [0.25, 0.3) is 0 Å². The second kappa shape index (κ2) is 6.98. The summed E-state index contributed by atoms with van der Waals surface area (Å²) >= 11 is 0. The number of pyridine rings is 1. The van der Waals surface area contributed by atoms with E-state index in [0.717, 1.165) is 19.6 Å².